The number of rotatable bonds is 2. The maximum atomic E-state index is 13.4. The van der Waals surface area contributed by atoms with Crippen molar-refractivity contribution in [2.45, 2.75) is 0 Å². The standard InChI is InChI=1S/C13H5BrClF2NO/c14-8-4-9(15)11(17)5-13(8)19-12-3-1-2-10(16)7(12)6-18/h1-5H. The van der Waals surface area contributed by atoms with Crippen LogP contribution in [0.2, 0.25) is 5.02 Å². The van der Waals surface area contributed by atoms with Gasteiger partial charge < -0.3 is 4.74 Å². The molecule has 0 radical (unpaired) electrons. The van der Waals surface area contributed by atoms with E-state index in [4.69, 9.17) is 21.6 Å². The minimum Gasteiger partial charge on any atom is -0.455 e. The van der Waals surface area contributed by atoms with Crippen molar-refractivity contribution in [1.82, 2.24) is 0 Å². The third kappa shape index (κ3) is 2.86. The Morgan fingerprint density at radius 2 is 1.89 bits per heavy atom. The Hall–Kier alpha value is -1.64. The third-order valence-electron chi connectivity index (χ3n) is 2.28. The van der Waals surface area contributed by atoms with E-state index in [1.54, 1.807) is 6.07 Å². The van der Waals surface area contributed by atoms with E-state index in [-0.39, 0.29) is 22.1 Å². The molecular formula is C13H5BrClF2NO. The highest BCUT2D eigenvalue weighted by atomic mass is 79.9. The fourth-order valence-corrected chi connectivity index (χ4v) is 2.12. The predicted octanol–water partition coefficient (Wildman–Crippen LogP) is 5.04. The summed E-state index contributed by atoms with van der Waals surface area (Å²) in [5, 5.41) is 8.80. The van der Waals surface area contributed by atoms with Gasteiger partial charge in [0.2, 0.25) is 0 Å². The molecule has 6 heteroatoms. The summed E-state index contributed by atoms with van der Waals surface area (Å²) in [4.78, 5) is 0. The molecule has 0 saturated heterocycles. The minimum atomic E-state index is -0.703. The van der Waals surface area contributed by atoms with Crippen molar-refractivity contribution in [2.24, 2.45) is 0 Å². The first-order valence-electron chi connectivity index (χ1n) is 5.04. The van der Waals surface area contributed by atoms with Gasteiger partial charge in [0.05, 0.1) is 9.50 Å². The molecule has 2 aromatic carbocycles. The minimum absolute atomic E-state index is 0.00456. The highest BCUT2D eigenvalue weighted by Gasteiger charge is 2.13. The first kappa shape index (κ1) is 13.8. The normalized spacial score (nSPS) is 10.1. The molecule has 96 valence electrons. The summed E-state index contributed by atoms with van der Waals surface area (Å²) in [6.45, 7) is 0. The van der Waals surface area contributed by atoms with Crippen molar-refractivity contribution in [3.63, 3.8) is 0 Å². The summed E-state index contributed by atoms with van der Waals surface area (Å²) in [5.41, 5.74) is -0.246. The summed E-state index contributed by atoms with van der Waals surface area (Å²) in [7, 11) is 0. The van der Waals surface area contributed by atoms with Crippen molar-refractivity contribution in [2.75, 3.05) is 0 Å². The zero-order valence-electron chi connectivity index (χ0n) is 9.25. The summed E-state index contributed by atoms with van der Waals surface area (Å²) in [6.07, 6.45) is 0. The van der Waals surface area contributed by atoms with Crippen LogP contribution in [-0.2, 0) is 0 Å². The van der Waals surface area contributed by atoms with Gasteiger partial charge in [-0.2, -0.15) is 5.26 Å². The predicted molar refractivity (Wildman–Crippen MR) is 70.3 cm³/mol. The van der Waals surface area contributed by atoms with E-state index < -0.39 is 11.6 Å². The maximum absolute atomic E-state index is 13.4. The van der Waals surface area contributed by atoms with E-state index >= 15 is 0 Å². The van der Waals surface area contributed by atoms with Gasteiger partial charge in [-0.25, -0.2) is 8.78 Å². The van der Waals surface area contributed by atoms with Crippen LogP contribution < -0.4 is 4.74 Å². The number of nitriles is 1. The van der Waals surface area contributed by atoms with Gasteiger partial charge in [0, 0.05) is 6.07 Å². The van der Waals surface area contributed by atoms with Crippen molar-refractivity contribution < 1.29 is 13.5 Å². The molecule has 0 heterocycles. The molecule has 0 fully saturated rings. The monoisotopic (exact) mass is 343 g/mol. The highest BCUT2D eigenvalue weighted by molar-refractivity contribution is 9.10. The molecule has 0 aliphatic carbocycles. The summed E-state index contributed by atoms with van der Waals surface area (Å²) < 4.78 is 32.5. The van der Waals surface area contributed by atoms with Gasteiger partial charge in [0.15, 0.2) is 0 Å². The summed E-state index contributed by atoms with van der Waals surface area (Å²) in [5.74, 6) is -1.27. The lowest BCUT2D eigenvalue weighted by molar-refractivity contribution is 0.466. The highest BCUT2D eigenvalue weighted by Crippen LogP contribution is 2.35. The molecule has 0 aliphatic rings. The number of hydrogen-bond acceptors (Lipinski definition) is 2. The fourth-order valence-electron chi connectivity index (χ4n) is 1.40. The van der Waals surface area contributed by atoms with Crippen LogP contribution in [0.25, 0.3) is 0 Å². The van der Waals surface area contributed by atoms with Crippen molar-refractivity contribution in [3.8, 4) is 17.6 Å². The SMILES string of the molecule is N#Cc1c(F)cccc1Oc1cc(F)c(Cl)cc1Br. The average molecular weight is 345 g/mol. The topological polar surface area (TPSA) is 33.0 Å². The van der Waals surface area contributed by atoms with E-state index in [9.17, 15) is 8.78 Å². The molecule has 2 nitrogen and oxygen atoms in total. The molecule has 0 spiro atoms. The largest absolute Gasteiger partial charge is 0.455 e. The van der Waals surface area contributed by atoms with Gasteiger partial charge in [0.1, 0.15) is 34.8 Å². The van der Waals surface area contributed by atoms with Crippen LogP contribution in [-0.4, -0.2) is 0 Å². The van der Waals surface area contributed by atoms with Gasteiger partial charge in [-0.15, -0.1) is 0 Å². The summed E-state index contributed by atoms with van der Waals surface area (Å²) >= 11 is 8.75. The second-order valence-electron chi connectivity index (χ2n) is 3.52. The Labute approximate surface area is 121 Å². The molecule has 0 atom stereocenters. The van der Waals surface area contributed by atoms with Crippen LogP contribution in [0.15, 0.2) is 34.8 Å². The molecule has 0 aromatic heterocycles. The number of benzene rings is 2. The lowest BCUT2D eigenvalue weighted by Gasteiger charge is -2.10. The van der Waals surface area contributed by atoms with Crippen LogP contribution in [0.1, 0.15) is 5.56 Å². The lowest BCUT2D eigenvalue weighted by atomic mass is 10.2. The van der Waals surface area contributed by atoms with Gasteiger partial charge in [-0.05, 0) is 34.1 Å². The van der Waals surface area contributed by atoms with E-state index in [2.05, 4.69) is 15.9 Å². The van der Waals surface area contributed by atoms with Crippen LogP contribution >= 0.6 is 27.5 Å². The second-order valence-corrected chi connectivity index (χ2v) is 4.79. The van der Waals surface area contributed by atoms with Gasteiger partial charge >= 0.3 is 0 Å². The Bertz CT molecular complexity index is 685. The molecular weight excluding hydrogens is 340 g/mol. The Morgan fingerprint density at radius 1 is 1.16 bits per heavy atom. The van der Waals surface area contributed by atoms with Crippen molar-refractivity contribution in [1.29, 1.82) is 5.26 Å². The number of halogens is 4. The number of hydrogen-bond donors (Lipinski definition) is 0. The molecule has 0 amide bonds. The zero-order valence-corrected chi connectivity index (χ0v) is 11.6. The fraction of sp³-hybridized carbons (Fsp3) is 0. The van der Waals surface area contributed by atoms with Crippen LogP contribution in [0.5, 0.6) is 11.5 Å². The second kappa shape index (κ2) is 5.55. The zero-order chi connectivity index (χ0) is 14.0. The molecule has 0 saturated carbocycles. The Kier molecular flexibility index (Phi) is 4.03. The van der Waals surface area contributed by atoms with Crippen LogP contribution in [0, 0.1) is 23.0 Å². The molecule has 0 unspecified atom stereocenters. The van der Waals surface area contributed by atoms with Crippen molar-refractivity contribution >= 4 is 27.5 Å². The number of nitrogens with zero attached hydrogens (tertiary/aromatic N) is 1. The summed E-state index contributed by atoms with van der Waals surface area (Å²) in [6, 6.07) is 8.02. The molecule has 2 rings (SSSR count). The molecule has 0 bridgehead atoms. The Morgan fingerprint density at radius 3 is 2.58 bits per heavy atom. The van der Waals surface area contributed by atoms with Gasteiger partial charge in [-0.1, -0.05) is 17.7 Å². The van der Waals surface area contributed by atoms with Crippen LogP contribution in [0.4, 0.5) is 8.78 Å². The maximum Gasteiger partial charge on any atom is 0.148 e. The molecule has 0 N–H and O–H groups in total. The smallest absolute Gasteiger partial charge is 0.148 e. The van der Waals surface area contributed by atoms with Gasteiger partial charge in [-0.3, -0.25) is 0 Å². The first-order valence-corrected chi connectivity index (χ1v) is 6.21. The van der Waals surface area contributed by atoms with E-state index in [0.717, 1.165) is 12.1 Å². The van der Waals surface area contributed by atoms with E-state index in [1.165, 1.54) is 18.2 Å². The molecule has 19 heavy (non-hydrogen) atoms. The van der Waals surface area contributed by atoms with Gasteiger partial charge in [0.25, 0.3) is 0 Å². The first-order chi connectivity index (χ1) is 9.02. The average Bonchev–Trinajstić information content (AvgIpc) is 2.36. The third-order valence-corrected chi connectivity index (χ3v) is 3.19. The number of ether oxygens (including phenoxy) is 1. The quantitative estimate of drug-likeness (QED) is 0.715. The van der Waals surface area contributed by atoms with Crippen LogP contribution in [0.3, 0.4) is 0 Å². The molecule has 2 aromatic rings. The lowest BCUT2D eigenvalue weighted by Crippen LogP contribution is -1.93. The molecule has 0 aliphatic heterocycles. The van der Waals surface area contributed by atoms with Crippen molar-refractivity contribution in [3.05, 3.63) is 57.0 Å². The Balaban J connectivity index is 2.45. The van der Waals surface area contributed by atoms with E-state index in [0.29, 0.717) is 4.47 Å². The van der Waals surface area contributed by atoms with E-state index in [1.807, 2.05) is 0 Å².